The number of amides is 2. The summed E-state index contributed by atoms with van der Waals surface area (Å²) in [5.41, 5.74) is 3.38. The molecule has 4 aromatic rings. The molecule has 2 N–H and O–H groups in total. The van der Waals surface area contributed by atoms with Crippen molar-refractivity contribution in [3.63, 3.8) is 0 Å². The van der Waals surface area contributed by atoms with E-state index in [9.17, 15) is 18.0 Å². The van der Waals surface area contributed by atoms with Crippen molar-refractivity contribution in [2.75, 3.05) is 7.11 Å². The third-order valence-electron chi connectivity index (χ3n) is 7.95. The molecule has 0 aromatic heterocycles. The van der Waals surface area contributed by atoms with E-state index in [1.165, 1.54) is 0 Å². The number of hydrogen-bond acceptors (Lipinski definition) is 5. The van der Waals surface area contributed by atoms with Gasteiger partial charge in [0.05, 0.1) is 12.0 Å². The molecule has 4 aromatic carbocycles. The van der Waals surface area contributed by atoms with Crippen molar-refractivity contribution >= 4 is 33.4 Å². The minimum absolute atomic E-state index is 0.0182. The Kier molecular flexibility index (Phi) is 11.1. The molecule has 0 saturated heterocycles. The third kappa shape index (κ3) is 9.19. The van der Waals surface area contributed by atoms with Crippen molar-refractivity contribution < 1.29 is 22.7 Å². The predicted molar refractivity (Wildman–Crippen MR) is 179 cm³/mol. The van der Waals surface area contributed by atoms with Gasteiger partial charge in [0, 0.05) is 37.0 Å². The summed E-state index contributed by atoms with van der Waals surface area (Å²) in [5, 5.41) is 3.56. The van der Waals surface area contributed by atoms with Gasteiger partial charge in [0.2, 0.25) is 21.8 Å². The van der Waals surface area contributed by atoms with Crippen molar-refractivity contribution in [3.8, 4) is 5.75 Å². The number of carbonyl (C=O) groups excluding carboxylic acids is 2. The van der Waals surface area contributed by atoms with Crippen LogP contribution in [0.4, 0.5) is 0 Å². The molecular weight excluding hydrogens is 622 g/mol. The quantitative estimate of drug-likeness (QED) is 0.171. The number of halogens is 1. The number of benzene rings is 4. The summed E-state index contributed by atoms with van der Waals surface area (Å²) in [6.07, 6.45) is 2.54. The van der Waals surface area contributed by atoms with Crippen LogP contribution in [0.5, 0.6) is 5.75 Å². The van der Waals surface area contributed by atoms with E-state index in [1.807, 2.05) is 72.8 Å². The number of carbonyl (C=O) groups is 2. The van der Waals surface area contributed by atoms with E-state index in [1.54, 1.807) is 42.3 Å². The van der Waals surface area contributed by atoms with Crippen molar-refractivity contribution in [1.29, 1.82) is 0 Å². The fourth-order valence-corrected chi connectivity index (χ4v) is 6.65. The molecule has 1 aliphatic carbocycles. The van der Waals surface area contributed by atoms with Gasteiger partial charge in [-0.15, -0.1) is 0 Å². The van der Waals surface area contributed by atoms with Gasteiger partial charge in [-0.25, -0.2) is 13.1 Å². The predicted octanol–water partition coefficient (Wildman–Crippen LogP) is 5.68. The van der Waals surface area contributed by atoms with Gasteiger partial charge in [0.25, 0.3) is 0 Å². The lowest BCUT2D eigenvalue weighted by molar-refractivity contribution is -0.141. The number of ether oxygens (including phenoxy) is 1. The molecule has 2 amide bonds. The zero-order valence-electron chi connectivity index (χ0n) is 25.7. The first-order valence-corrected chi connectivity index (χ1v) is 17.2. The smallest absolute Gasteiger partial charge is 0.243 e. The standard InChI is InChI=1S/C36H38ClN3O5S/c1-45-31-18-11-28(12-19-31)25-40(35(41)22-15-26-13-20-32(21-14-26)46(43,44)39-30-16-17-30)34(23-27-7-3-2-4-8-27)36(42)38-24-29-9-5-6-10-33(29)37/h2-14,18-21,30,34,39H,15-17,22-25H2,1H3,(H,38,42)/t34-/m0/s1. The van der Waals surface area contributed by atoms with Crippen LogP contribution in [-0.2, 0) is 45.5 Å². The molecule has 1 atom stereocenters. The van der Waals surface area contributed by atoms with E-state index in [4.69, 9.17) is 16.3 Å². The highest BCUT2D eigenvalue weighted by molar-refractivity contribution is 7.89. The van der Waals surface area contributed by atoms with Gasteiger partial charge in [0.1, 0.15) is 11.8 Å². The molecule has 0 unspecified atom stereocenters. The fraction of sp³-hybridized carbons (Fsp3) is 0.278. The topological polar surface area (TPSA) is 105 Å². The molecule has 8 nitrogen and oxygen atoms in total. The summed E-state index contributed by atoms with van der Waals surface area (Å²) in [6, 6.07) is 30.2. The Balaban J connectivity index is 1.37. The fourth-order valence-electron chi connectivity index (χ4n) is 5.14. The van der Waals surface area contributed by atoms with Crippen molar-refractivity contribution in [1.82, 2.24) is 14.9 Å². The maximum Gasteiger partial charge on any atom is 0.243 e. The van der Waals surface area contributed by atoms with Crippen molar-refractivity contribution in [2.45, 2.75) is 62.2 Å². The number of sulfonamides is 1. The SMILES string of the molecule is COc1ccc(CN(C(=O)CCc2ccc(S(=O)(=O)NC3CC3)cc2)[C@@H](Cc2ccccc2)C(=O)NCc2ccccc2Cl)cc1. The number of aryl methyl sites for hydroxylation is 1. The second-order valence-corrected chi connectivity index (χ2v) is 13.5. The Bertz CT molecular complexity index is 1730. The number of nitrogens with zero attached hydrogens (tertiary/aromatic N) is 1. The summed E-state index contributed by atoms with van der Waals surface area (Å²) in [4.78, 5) is 29.8. The van der Waals surface area contributed by atoms with Crippen LogP contribution in [0.2, 0.25) is 5.02 Å². The largest absolute Gasteiger partial charge is 0.497 e. The lowest BCUT2D eigenvalue weighted by atomic mass is 10.0. The van der Waals surface area contributed by atoms with Crippen LogP contribution in [0.3, 0.4) is 0 Å². The average Bonchev–Trinajstić information content (AvgIpc) is 3.89. The van der Waals surface area contributed by atoms with Gasteiger partial charge in [0.15, 0.2) is 0 Å². The second kappa shape index (κ2) is 15.4. The molecule has 240 valence electrons. The molecule has 1 aliphatic rings. The van der Waals surface area contributed by atoms with E-state index in [-0.39, 0.29) is 42.3 Å². The van der Waals surface area contributed by atoms with Crippen molar-refractivity contribution in [2.24, 2.45) is 0 Å². The Labute approximate surface area is 275 Å². The molecule has 0 aliphatic heterocycles. The van der Waals surface area contributed by atoms with Crippen LogP contribution in [0, 0.1) is 0 Å². The van der Waals surface area contributed by atoms with Crippen LogP contribution >= 0.6 is 11.6 Å². The Morgan fingerprint density at radius 3 is 2.17 bits per heavy atom. The van der Waals surface area contributed by atoms with E-state index < -0.39 is 16.1 Å². The van der Waals surface area contributed by atoms with Gasteiger partial charge in [-0.05, 0) is 71.8 Å². The first-order valence-electron chi connectivity index (χ1n) is 15.3. The van der Waals surface area contributed by atoms with Gasteiger partial charge < -0.3 is 15.0 Å². The van der Waals surface area contributed by atoms with Crippen LogP contribution < -0.4 is 14.8 Å². The molecule has 5 rings (SSSR count). The Morgan fingerprint density at radius 2 is 1.52 bits per heavy atom. The zero-order valence-corrected chi connectivity index (χ0v) is 27.3. The highest BCUT2D eigenvalue weighted by Gasteiger charge is 2.31. The van der Waals surface area contributed by atoms with E-state index in [0.717, 1.165) is 35.1 Å². The molecule has 0 bridgehead atoms. The number of rotatable bonds is 15. The molecular formula is C36H38ClN3O5S. The molecule has 0 spiro atoms. The molecule has 1 fully saturated rings. The maximum atomic E-state index is 14.1. The lowest BCUT2D eigenvalue weighted by Gasteiger charge is -2.32. The summed E-state index contributed by atoms with van der Waals surface area (Å²) in [6.45, 7) is 0.434. The lowest BCUT2D eigenvalue weighted by Crippen LogP contribution is -2.50. The van der Waals surface area contributed by atoms with Crippen LogP contribution in [0.25, 0.3) is 0 Å². The van der Waals surface area contributed by atoms with Gasteiger partial charge in [-0.3, -0.25) is 9.59 Å². The van der Waals surface area contributed by atoms with Gasteiger partial charge in [-0.2, -0.15) is 0 Å². The minimum atomic E-state index is -3.56. The molecule has 46 heavy (non-hydrogen) atoms. The Morgan fingerprint density at radius 1 is 0.870 bits per heavy atom. The highest BCUT2D eigenvalue weighted by Crippen LogP contribution is 2.23. The average molecular weight is 660 g/mol. The van der Waals surface area contributed by atoms with E-state index in [0.29, 0.717) is 23.6 Å². The summed E-state index contributed by atoms with van der Waals surface area (Å²) >= 11 is 6.36. The first-order chi connectivity index (χ1) is 22.2. The number of hydrogen-bond donors (Lipinski definition) is 2. The van der Waals surface area contributed by atoms with Gasteiger partial charge >= 0.3 is 0 Å². The van der Waals surface area contributed by atoms with Crippen LogP contribution in [-0.4, -0.2) is 44.3 Å². The summed E-state index contributed by atoms with van der Waals surface area (Å²) in [5.74, 6) is 0.206. The minimum Gasteiger partial charge on any atom is -0.497 e. The molecule has 0 heterocycles. The Hall–Kier alpha value is -4.18. The number of nitrogens with one attached hydrogen (secondary N) is 2. The maximum absolute atomic E-state index is 14.1. The third-order valence-corrected chi connectivity index (χ3v) is 9.86. The normalized spacial score (nSPS) is 13.5. The summed E-state index contributed by atoms with van der Waals surface area (Å²) < 4.78 is 33.2. The second-order valence-electron chi connectivity index (χ2n) is 11.4. The molecule has 1 saturated carbocycles. The monoisotopic (exact) mass is 659 g/mol. The van der Waals surface area contributed by atoms with E-state index in [2.05, 4.69) is 10.0 Å². The first kappa shape index (κ1) is 33.2. The zero-order chi connectivity index (χ0) is 32.5. The molecule has 0 radical (unpaired) electrons. The van der Waals surface area contributed by atoms with Crippen molar-refractivity contribution in [3.05, 3.63) is 130 Å². The number of methoxy groups -OCH3 is 1. The van der Waals surface area contributed by atoms with Crippen LogP contribution in [0.15, 0.2) is 108 Å². The summed E-state index contributed by atoms with van der Waals surface area (Å²) in [7, 11) is -1.97. The van der Waals surface area contributed by atoms with Crippen LogP contribution in [0.1, 0.15) is 41.5 Å². The molecule has 10 heteroatoms. The van der Waals surface area contributed by atoms with E-state index >= 15 is 0 Å². The van der Waals surface area contributed by atoms with Gasteiger partial charge in [-0.1, -0.05) is 84.4 Å². The highest BCUT2D eigenvalue weighted by atomic mass is 35.5.